The molecule has 0 saturated heterocycles. The lowest BCUT2D eigenvalue weighted by atomic mass is 9.96. The summed E-state index contributed by atoms with van der Waals surface area (Å²) in [4.78, 5) is 2.16. The van der Waals surface area contributed by atoms with Crippen LogP contribution < -0.4 is 4.90 Å². The van der Waals surface area contributed by atoms with Crippen LogP contribution in [0.4, 0.5) is 5.82 Å². The van der Waals surface area contributed by atoms with Crippen molar-refractivity contribution in [3.63, 3.8) is 0 Å². The normalized spacial score (nSPS) is 11.9. The molecule has 92 valence electrons. The number of nitrogens with zero attached hydrogens (tertiary/aromatic N) is 3. The van der Waals surface area contributed by atoms with Crippen LogP contribution in [0, 0.1) is 12.3 Å². The van der Waals surface area contributed by atoms with Crippen molar-refractivity contribution in [1.29, 1.82) is 0 Å². The van der Waals surface area contributed by atoms with Gasteiger partial charge in [0.05, 0.1) is 12.3 Å². The van der Waals surface area contributed by atoms with Crippen molar-refractivity contribution in [3.05, 3.63) is 11.3 Å². The first-order valence-electron chi connectivity index (χ1n) is 5.60. The quantitative estimate of drug-likeness (QED) is 0.851. The van der Waals surface area contributed by atoms with Crippen molar-refractivity contribution in [2.24, 2.45) is 12.5 Å². The summed E-state index contributed by atoms with van der Waals surface area (Å²) in [5, 5.41) is 13.7. The molecule has 0 radical (unpaired) electrons. The van der Waals surface area contributed by atoms with E-state index in [-0.39, 0.29) is 12.0 Å². The molecule has 1 aromatic rings. The van der Waals surface area contributed by atoms with Crippen molar-refractivity contribution in [2.45, 2.75) is 34.3 Å². The SMILES string of the molecule is Cc1nn(C)c(N(C)CC(C)(C)C)c1CO. The molecule has 0 aromatic carbocycles. The van der Waals surface area contributed by atoms with E-state index in [0.717, 1.165) is 23.6 Å². The number of aliphatic hydroxyl groups is 1. The maximum absolute atomic E-state index is 9.38. The van der Waals surface area contributed by atoms with Gasteiger partial charge in [0.15, 0.2) is 0 Å². The van der Waals surface area contributed by atoms with Gasteiger partial charge in [0.25, 0.3) is 0 Å². The molecule has 4 heteroatoms. The topological polar surface area (TPSA) is 41.3 Å². The van der Waals surface area contributed by atoms with Gasteiger partial charge < -0.3 is 10.0 Å². The van der Waals surface area contributed by atoms with E-state index in [9.17, 15) is 5.11 Å². The number of aryl methyl sites for hydroxylation is 2. The minimum atomic E-state index is 0.0451. The highest BCUT2D eigenvalue weighted by molar-refractivity contribution is 5.49. The van der Waals surface area contributed by atoms with Crippen LogP contribution in [-0.4, -0.2) is 28.5 Å². The summed E-state index contributed by atoms with van der Waals surface area (Å²) in [7, 11) is 3.96. The van der Waals surface area contributed by atoms with E-state index in [1.54, 1.807) is 0 Å². The maximum Gasteiger partial charge on any atom is 0.132 e. The lowest BCUT2D eigenvalue weighted by Crippen LogP contribution is -2.31. The summed E-state index contributed by atoms with van der Waals surface area (Å²) < 4.78 is 1.84. The Morgan fingerprint density at radius 2 is 1.94 bits per heavy atom. The Hall–Kier alpha value is -1.03. The minimum absolute atomic E-state index is 0.0451. The van der Waals surface area contributed by atoms with E-state index in [4.69, 9.17) is 0 Å². The molecule has 0 unspecified atom stereocenters. The Labute approximate surface area is 97.9 Å². The number of anilines is 1. The fourth-order valence-electron chi connectivity index (χ4n) is 2.14. The predicted octanol–water partition coefficient (Wildman–Crippen LogP) is 1.70. The molecule has 1 heterocycles. The van der Waals surface area contributed by atoms with Crippen LogP contribution in [0.2, 0.25) is 0 Å². The first kappa shape index (κ1) is 13.0. The monoisotopic (exact) mass is 225 g/mol. The number of hydrogen-bond acceptors (Lipinski definition) is 3. The Kier molecular flexibility index (Phi) is 3.63. The average molecular weight is 225 g/mol. The highest BCUT2D eigenvalue weighted by Crippen LogP contribution is 2.25. The highest BCUT2D eigenvalue weighted by atomic mass is 16.3. The largest absolute Gasteiger partial charge is 0.391 e. The fraction of sp³-hybridized carbons (Fsp3) is 0.750. The van der Waals surface area contributed by atoms with Crippen LogP contribution >= 0.6 is 0 Å². The Morgan fingerprint density at radius 3 is 2.38 bits per heavy atom. The third-order valence-electron chi connectivity index (χ3n) is 2.54. The van der Waals surface area contributed by atoms with Crippen LogP contribution in [0.1, 0.15) is 32.0 Å². The van der Waals surface area contributed by atoms with E-state index in [1.165, 1.54) is 0 Å². The second-order valence-corrected chi connectivity index (χ2v) is 5.59. The fourth-order valence-corrected chi connectivity index (χ4v) is 2.14. The summed E-state index contributed by atoms with van der Waals surface area (Å²) in [6.45, 7) is 9.50. The molecule has 0 saturated carbocycles. The number of hydrogen-bond donors (Lipinski definition) is 1. The minimum Gasteiger partial charge on any atom is -0.391 e. The van der Waals surface area contributed by atoms with Crippen molar-refractivity contribution in [3.8, 4) is 0 Å². The van der Waals surface area contributed by atoms with Gasteiger partial charge in [-0.2, -0.15) is 5.10 Å². The first-order chi connectivity index (χ1) is 7.26. The summed E-state index contributed by atoms with van der Waals surface area (Å²) in [5.74, 6) is 1.01. The second-order valence-electron chi connectivity index (χ2n) is 5.59. The van der Waals surface area contributed by atoms with E-state index < -0.39 is 0 Å². The lowest BCUT2D eigenvalue weighted by molar-refractivity contribution is 0.281. The molecule has 0 spiro atoms. The van der Waals surface area contributed by atoms with Crippen LogP contribution in [-0.2, 0) is 13.7 Å². The van der Waals surface area contributed by atoms with E-state index in [2.05, 4.69) is 30.8 Å². The molecule has 0 fully saturated rings. The molecule has 4 nitrogen and oxygen atoms in total. The molecule has 0 bridgehead atoms. The van der Waals surface area contributed by atoms with Gasteiger partial charge in [-0.25, -0.2) is 0 Å². The molecule has 1 N–H and O–H groups in total. The van der Waals surface area contributed by atoms with Crippen molar-refractivity contribution < 1.29 is 5.11 Å². The van der Waals surface area contributed by atoms with Gasteiger partial charge in [-0.05, 0) is 12.3 Å². The Balaban J connectivity index is 3.03. The van der Waals surface area contributed by atoms with Crippen LogP contribution in [0.25, 0.3) is 0 Å². The third-order valence-corrected chi connectivity index (χ3v) is 2.54. The molecule has 0 atom stereocenters. The molecule has 0 aliphatic heterocycles. The summed E-state index contributed by atoms with van der Waals surface area (Å²) in [5.41, 5.74) is 2.05. The first-order valence-corrected chi connectivity index (χ1v) is 5.60. The van der Waals surface area contributed by atoms with Gasteiger partial charge in [0.2, 0.25) is 0 Å². The summed E-state index contributed by atoms with van der Waals surface area (Å²) in [6, 6.07) is 0. The van der Waals surface area contributed by atoms with Crippen molar-refractivity contribution >= 4 is 5.82 Å². The van der Waals surface area contributed by atoms with Crippen molar-refractivity contribution in [2.75, 3.05) is 18.5 Å². The second kappa shape index (κ2) is 4.45. The number of aromatic nitrogens is 2. The molecule has 16 heavy (non-hydrogen) atoms. The smallest absolute Gasteiger partial charge is 0.132 e. The Bertz CT molecular complexity index is 363. The van der Waals surface area contributed by atoms with Crippen LogP contribution in [0.5, 0.6) is 0 Å². The molecule has 0 aliphatic carbocycles. The van der Waals surface area contributed by atoms with Gasteiger partial charge in [0, 0.05) is 26.2 Å². The molecular weight excluding hydrogens is 202 g/mol. The van der Waals surface area contributed by atoms with Gasteiger partial charge in [-0.3, -0.25) is 4.68 Å². The molecule has 1 aromatic heterocycles. The molecule has 0 amide bonds. The van der Waals surface area contributed by atoms with Crippen molar-refractivity contribution in [1.82, 2.24) is 9.78 Å². The highest BCUT2D eigenvalue weighted by Gasteiger charge is 2.20. The van der Waals surface area contributed by atoms with Gasteiger partial charge in [-0.1, -0.05) is 20.8 Å². The summed E-state index contributed by atoms with van der Waals surface area (Å²) in [6.07, 6.45) is 0. The number of rotatable bonds is 3. The standard InChI is InChI=1S/C12H23N3O/c1-9-10(7-16)11(15(6)13-9)14(5)8-12(2,3)4/h16H,7-8H2,1-6H3. The van der Waals surface area contributed by atoms with Gasteiger partial charge in [-0.15, -0.1) is 0 Å². The van der Waals surface area contributed by atoms with Gasteiger partial charge in [0.1, 0.15) is 5.82 Å². The van der Waals surface area contributed by atoms with Gasteiger partial charge >= 0.3 is 0 Å². The van der Waals surface area contributed by atoms with E-state index in [0.29, 0.717) is 0 Å². The zero-order valence-corrected chi connectivity index (χ0v) is 11.2. The maximum atomic E-state index is 9.38. The molecule has 0 aliphatic rings. The zero-order chi connectivity index (χ0) is 12.5. The summed E-state index contributed by atoms with van der Waals surface area (Å²) >= 11 is 0. The third kappa shape index (κ3) is 2.76. The number of aliphatic hydroxyl groups excluding tert-OH is 1. The molecule has 1 rings (SSSR count). The molecular formula is C12H23N3O. The van der Waals surface area contributed by atoms with Crippen LogP contribution in [0.15, 0.2) is 0 Å². The predicted molar refractivity (Wildman–Crippen MR) is 66.6 cm³/mol. The zero-order valence-electron chi connectivity index (χ0n) is 11.2. The lowest BCUT2D eigenvalue weighted by Gasteiger charge is -2.28. The van der Waals surface area contributed by atoms with E-state index >= 15 is 0 Å². The van der Waals surface area contributed by atoms with E-state index in [1.807, 2.05) is 25.7 Å². The van der Waals surface area contributed by atoms with Crippen LogP contribution in [0.3, 0.4) is 0 Å². The Morgan fingerprint density at radius 1 is 1.38 bits per heavy atom. The average Bonchev–Trinajstić information content (AvgIpc) is 2.37.